The first kappa shape index (κ1) is 14.7. The molecule has 2 aromatic rings. The summed E-state index contributed by atoms with van der Waals surface area (Å²) < 4.78 is 5.12. The molecule has 6 nitrogen and oxygen atoms in total. The van der Waals surface area contributed by atoms with Gasteiger partial charge in [-0.1, -0.05) is 6.07 Å². The molecule has 1 N–H and O–H groups in total. The van der Waals surface area contributed by atoms with E-state index >= 15 is 0 Å². The highest BCUT2D eigenvalue weighted by atomic mass is 16.5. The second kappa shape index (κ2) is 7.17. The molecule has 0 radical (unpaired) electrons. The number of aromatic nitrogens is 3. The number of hydrogen-bond donors (Lipinski definition) is 1. The van der Waals surface area contributed by atoms with Gasteiger partial charge in [0.1, 0.15) is 0 Å². The normalized spacial score (nSPS) is 16.4. The zero-order valence-electron chi connectivity index (χ0n) is 12.8. The quantitative estimate of drug-likeness (QED) is 0.910. The third-order valence-corrected chi connectivity index (χ3v) is 3.87. The average Bonchev–Trinajstić information content (AvgIpc) is 2.58. The van der Waals surface area contributed by atoms with Gasteiger partial charge in [-0.3, -0.25) is 9.88 Å². The number of likely N-dealkylation sites (tertiary alicyclic amines) is 1. The fourth-order valence-electron chi connectivity index (χ4n) is 2.66. The van der Waals surface area contributed by atoms with Gasteiger partial charge in [0, 0.05) is 44.1 Å². The molecule has 3 heterocycles. The van der Waals surface area contributed by atoms with E-state index in [1.807, 2.05) is 18.3 Å². The monoisotopic (exact) mass is 299 g/mol. The lowest BCUT2D eigenvalue weighted by Gasteiger charge is -2.32. The molecule has 0 bridgehead atoms. The van der Waals surface area contributed by atoms with Gasteiger partial charge in [0.25, 0.3) is 0 Å². The molecule has 0 aromatic carbocycles. The molecule has 1 fully saturated rings. The minimum absolute atomic E-state index is 0.409. The Morgan fingerprint density at radius 2 is 2.05 bits per heavy atom. The Labute approximate surface area is 130 Å². The van der Waals surface area contributed by atoms with E-state index in [1.165, 1.54) is 0 Å². The largest absolute Gasteiger partial charge is 0.481 e. The predicted octanol–water partition coefficient (Wildman–Crippen LogP) is 1.96. The minimum Gasteiger partial charge on any atom is -0.481 e. The van der Waals surface area contributed by atoms with E-state index in [2.05, 4.69) is 31.2 Å². The van der Waals surface area contributed by atoms with Crippen LogP contribution in [0.1, 0.15) is 18.5 Å². The van der Waals surface area contributed by atoms with Crippen LogP contribution in [0.2, 0.25) is 0 Å². The molecule has 0 unspecified atom stereocenters. The van der Waals surface area contributed by atoms with Gasteiger partial charge >= 0.3 is 0 Å². The summed E-state index contributed by atoms with van der Waals surface area (Å²) in [5.74, 6) is 1.23. The topological polar surface area (TPSA) is 63.2 Å². The summed E-state index contributed by atoms with van der Waals surface area (Å²) in [5.41, 5.74) is 1.13. The summed E-state index contributed by atoms with van der Waals surface area (Å²) in [5, 5.41) is 3.40. The maximum absolute atomic E-state index is 5.12. The molecule has 0 saturated carbocycles. The highest BCUT2D eigenvalue weighted by molar-refractivity contribution is 5.29. The van der Waals surface area contributed by atoms with E-state index in [-0.39, 0.29) is 0 Å². The van der Waals surface area contributed by atoms with Crippen molar-refractivity contribution in [3.05, 3.63) is 42.4 Å². The van der Waals surface area contributed by atoms with Crippen LogP contribution in [0.25, 0.3) is 0 Å². The van der Waals surface area contributed by atoms with Gasteiger partial charge in [-0.25, -0.2) is 4.98 Å². The van der Waals surface area contributed by atoms with Gasteiger partial charge in [-0.05, 0) is 25.0 Å². The summed E-state index contributed by atoms with van der Waals surface area (Å²) in [6.07, 6.45) is 5.72. The first-order valence-corrected chi connectivity index (χ1v) is 7.59. The standard InChI is InChI=1S/C16H21N5O/c1-22-15-5-9-18-16(20-15)19-13-6-10-21(11-7-13)12-14-4-2-3-8-17-14/h2-5,8-9,13H,6-7,10-12H2,1H3,(H,18,19,20). The molecular weight excluding hydrogens is 278 g/mol. The van der Waals surface area contributed by atoms with Crippen molar-refractivity contribution in [3.63, 3.8) is 0 Å². The number of nitrogens with one attached hydrogen (secondary N) is 1. The Morgan fingerprint density at radius 1 is 1.18 bits per heavy atom. The Kier molecular flexibility index (Phi) is 4.80. The van der Waals surface area contributed by atoms with E-state index in [9.17, 15) is 0 Å². The van der Waals surface area contributed by atoms with Gasteiger partial charge in [0.2, 0.25) is 11.8 Å². The van der Waals surface area contributed by atoms with Crippen LogP contribution in [-0.2, 0) is 6.54 Å². The second-order valence-electron chi connectivity index (χ2n) is 5.44. The molecule has 2 aromatic heterocycles. The summed E-state index contributed by atoms with van der Waals surface area (Å²) >= 11 is 0. The lowest BCUT2D eigenvalue weighted by Crippen LogP contribution is -2.39. The number of methoxy groups -OCH3 is 1. The van der Waals surface area contributed by atoms with Crippen molar-refractivity contribution >= 4 is 5.95 Å². The number of ether oxygens (including phenoxy) is 1. The highest BCUT2D eigenvalue weighted by Gasteiger charge is 2.20. The van der Waals surface area contributed by atoms with Crippen molar-refractivity contribution in [1.29, 1.82) is 0 Å². The summed E-state index contributed by atoms with van der Waals surface area (Å²) in [6.45, 7) is 3.03. The zero-order chi connectivity index (χ0) is 15.2. The molecule has 3 rings (SSSR count). The van der Waals surface area contributed by atoms with Crippen LogP contribution in [0, 0.1) is 0 Å². The Morgan fingerprint density at radius 3 is 2.77 bits per heavy atom. The molecule has 22 heavy (non-hydrogen) atoms. The highest BCUT2D eigenvalue weighted by Crippen LogP contribution is 2.17. The maximum atomic E-state index is 5.12. The van der Waals surface area contributed by atoms with Crippen LogP contribution < -0.4 is 10.1 Å². The van der Waals surface area contributed by atoms with Crippen molar-refractivity contribution in [1.82, 2.24) is 19.9 Å². The molecule has 116 valence electrons. The maximum Gasteiger partial charge on any atom is 0.226 e. The summed E-state index contributed by atoms with van der Waals surface area (Å²) in [7, 11) is 1.61. The number of pyridine rings is 1. The van der Waals surface area contributed by atoms with Crippen LogP contribution >= 0.6 is 0 Å². The Bertz CT molecular complexity index is 584. The number of rotatable bonds is 5. The van der Waals surface area contributed by atoms with Gasteiger partial charge in [0.05, 0.1) is 12.8 Å². The molecule has 1 saturated heterocycles. The SMILES string of the molecule is COc1ccnc(NC2CCN(Cc3ccccn3)CC2)n1. The second-order valence-corrected chi connectivity index (χ2v) is 5.44. The molecule has 0 aliphatic carbocycles. The van der Waals surface area contributed by atoms with E-state index in [0.717, 1.165) is 38.2 Å². The molecule has 0 atom stereocenters. The first-order valence-electron chi connectivity index (χ1n) is 7.59. The fourth-order valence-corrected chi connectivity index (χ4v) is 2.66. The number of anilines is 1. The smallest absolute Gasteiger partial charge is 0.226 e. The van der Waals surface area contributed by atoms with Crippen molar-refractivity contribution in [3.8, 4) is 5.88 Å². The van der Waals surface area contributed by atoms with E-state index < -0.39 is 0 Å². The van der Waals surface area contributed by atoms with Gasteiger partial charge in [-0.15, -0.1) is 0 Å². The van der Waals surface area contributed by atoms with E-state index in [0.29, 0.717) is 17.9 Å². The van der Waals surface area contributed by atoms with Crippen LogP contribution in [0.5, 0.6) is 5.88 Å². The molecule has 0 spiro atoms. The molecule has 1 aliphatic rings. The van der Waals surface area contributed by atoms with Crippen LogP contribution in [0.4, 0.5) is 5.95 Å². The van der Waals surface area contributed by atoms with Gasteiger partial charge in [0.15, 0.2) is 0 Å². The summed E-state index contributed by atoms with van der Waals surface area (Å²) in [4.78, 5) is 15.4. The van der Waals surface area contributed by atoms with Gasteiger partial charge < -0.3 is 10.1 Å². The first-order chi connectivity index (χ1) is 10.8. The number of nitrogens with zero attached hydrogens (tertiary/aromatic N) is 4. The van der Waals surface area contributed by atoms with Crippen LogP contribution in [-0.4, -0.2) is 46.1 Å². The third-order valence-electron chi connectivity index (χ3n) is 3.87. The minimum atomic E-state index is 0.409. The summed E-state index contributed by atoms with van der Waals surface area (Å²) in [6, 6.07) is 8.23. The molecule has 0 amide bonds. The number of hydrogen-bond acceptors (Lipinski definition) is 6. The van der Waals surface area contributed by atoms with Crippen LogP contribution in [0.15, 0.2) is 36.7 Å². The van der Waals surface area contributed by atoms with Gasteiger partial charge in [-0.2, -0.15) is 4.98 Å². The van der Waals surface area contributed by atoms with Crippen LogP contribution in [0.3, 0.4) is 0 Å². The number of piperidine rings is 1. The lowest BCUT2D eigenvalue weighted by molar-refractivity contribution is 0.209. The van der Waals surface area contributed by atoms with E-state index in [4.69, 9.17) is 4.74 Å². The van der Waals surface area contributed by atoms with E-state index in [1.54, 1.807) is 19.4 Å². The van der Waals surface area contributed by atoms with Crippen molar-refractivity contribution in [2.45, 2.75) is 25.4 Å². The zero-order valence-corrected chi connectivity index (χ0v) is 12.8. The predicted molar refractivity (Wildman–Crippen MR) is 84.7 cm³/mol. The molecule has 1 aliphatic heterocycles. The van der Waals surface area contributed by atoms with Crippen molar-refractivity contribution in [2.24, 2.45) is 0 Å². The lowest BCUT2D eigenvalue weighted by atomic mass is 10.1. The molecule has 6 heteroatoms. The third kappa shape index (κ3) is 3.92. The fraction of sp³-hybridized carbons (Fsp3) is 0.438. The van der Waals surface area contributed by atoms with Crippen molar-refractivity contribution in [2.75, 3.05) is 25.5 Å². The average molecular weight is 299 g/mol. The Balaban J connectivity index is 1.49. The molecular formula is C16H21N5O. The Hall–Kier alpha value is -2.21. The van der Waals surface area contributed by atoms with Crippen molar-refractivity contribution < 1.29 is 4.74 Å².